The van der Waals surface area contributed by atoms with Crippen LogP contribution in [-0.4, -0.2) is 23.0 Å². The number of carbonyl (C=O) groups excluding carboxylic acids is 1. The van der Waals surface area contributed by atoms with E-state index in [-0.39, 0.29) is 11.4 Å². The predicted molar refractivity (Wildman–Crippen MR) is 69.4 cm³/mol. The van der Waals surface area contributed by atoms with E-state index < -0.39 is 5.97 Å². The number of carbonyl (C=O) groups is 1. The van der Waals surface area contributed by atoms with Crippen LogP contribution in [0.3, 0.4) is 0 Å². The summed E-state index contributed by atoms with van der Waals surface area (Å²) < 4.78 is 10.4. The summed E-state index contributed by atoms with van der Waals surface area (Å²) in [6.07, 6.45) is 1.40. The number of nitrogens with zero attached hydrogens (tertiary/aromatic N) is 2. The van der Waals surface area contributed by atoms with E-state index in [1.54, 1.807) is 6.92 Å². The minimum absolute atomic E-state index is 0.202. The van der Waals surface area contributed by atoms with Gasteiger partial charge in [0.2, 0.25) is 5.88 Å². The van der Waals surface area contributed by atoms with E-state index >= 15 is 0 Å². The van der Waals surface area contributed by atoms with Crippen molar-refractivity contribution >= 4 is 5.97 Å². The van der Waals surface area contributed by atoms with Crippen molar-refractivity contribution < 1.29 is 14.3 Å². The molecule has 0 aliphatic heterocycles. The molecule has 0 aliphatic carbocycles. The van der Waals surface area contributed by atoms with Crippen LogP contribution in [0.25, 0.3) is 0 Å². The number of rotatable bonds is 3. The van der Waals surface area contributed by atoms with E-state index in [1.807, 2.05) is 31.2 Å². The van der Waals surface area contributed by atoms with E-state index in [1.165, 1.54) is 13.3 Å². The monoisotopic (exact) mass is 258 g/mol. The normalized spacial score (nSPS) is 10.1. The van der Waals surface area contributed by atoms with Gasteiger partial charge >= 0.3 is 5.97 Å². The molecule has 98 valence electrons. The summed E-state index contributed by atoms with van der Waals surface area (Å²) in [5.74, 6) is 0.847. The van der Waals surface area contributed by atoms with Crippen LogP contribution in [0.15, 0.2) is 30.5 Å². The summed E-state index contributed by atoms with van der Waals surface area (Å²) in [5.41, 5.74) is 1.16. The maximum atomic E-state index is 11.6. The highest BCUT2D eigenvalue weighted by Crippen LogP contribution is 2.26. The smallest absolute Gasteiger partial charge is 0.345 e. The second-order valence-electron chi connectivity index (χ2n) is 4.00. The average Bonchev–Trinajstić information content (AvgIpc) is 2.41. The molecule has 0 spiro atoms. The number of hydrogen-bond donors (Lipinski definition) is 0. The second-order valence-corrected chi connectivity index (χ2v) is 4.00. The lowest BCUT2D eigenvalue weighted by molar-refractivity contribution is 0.0596. The van der Waals surface area contributed by atoms with Crippen molar-refractivity contribution in [2.45, 2.75) is 13.8 Å². The molecule has 1 aromatic carbocycles. The van der Waals surface area contributed by atoms with Crippen LogP contribution in [0.5, 0.6) is 11.6 Å². The van der Waals surface area contributed by atoms with Gasteiger partial charge in [-0.05, 0) is 25.5 Å². The van der Waals surface area contributed by atoms with Gasteiger partial charge in [-0.2, -0.15) is 4.98 Å². The van der Waals surface area contributed by atoms with Gasteiger partial charge in [0.05, 0.1) is 7.11 Å². The van der Waals surface area contributed by atoms with Crippen molar-refractivity contribution in [2.75, 3.05) is 7.11 Å². The molecule has 1 aromatic heterocycles. The van der Waals surface area contributed by atoms with Crippen molar-refractivity contribution in [2.24, 2.45) is 0 Å². The number of benzene rings is 1. The van der Waals surface area contributed by atoms with E-state index in [4.69, 9.17) is 4.74 Å². The molecule has 0 N–H and O–H groups in total. The van der Waals surface area contributed by atoms with Gasteiger partial charge in [-0.15, -0.1) is 0 Å². The molecule has 0 aliphatic rings. The Morgan fingerprint density at radius 2 is 1.95 bits per heavy atom. The molecule has 2 rings (SSSR count). The van der Waals surface area contributed by atoms with Gasteiger partial charge in [-0.3, -0.25) is 0 Å². The van der Waals surface area contributed by atoms with Gasteiger partial charge in [0.1, 0.15) is 17.1 Å². The number of ether oxygens (including phenoxy) is 2. The van der Waals surface area contributed by atoms with Crippen molar-refractivity contribution in [3.8, 4) is 11.6 Å². The van der Waals surface area contributed by atoms with Gasteiger partial charge in [0, 0.05) is 6.20 Å². The molecule has 2 aromatic rings. The Bertz CT molecular complexity index is 611. The third-order valence-corrected chi connectivity index (χ3v) is 2.58. The molecular weight excluding hydrogens is 244 g/mol. The lowest BCUT2D eigenvalue weighted by Crippen LogP contribution is -2.07. The largest absolute Gasteiger partial charge is 0.465 e. The number of hydrogen-bond acceptors (Lipinski definition) is 5. The first kappa shape index (κ1) is 13.0. The summed E-state index contributed by atoms with van der Waals surface area (Å²) in [6.45, 7) is 3.65. The summed E-state index contributed by atoms with van der Waals surface area (Å²) >= 11 is 0. The number of methoxy groups -OCH3 is 1. The van der Waals surface area contributed by atoms with Crippen LogP contribution in [0.1, 0.15) is 21.7 Å². The number of aromatic nitrogens is 2. The fraction of sp³-hybridized carbons (Fsp3) is 0.214. The van der Waals surface area contributed by atoms with Gasteiger partial charge in [-0.1, -0.05) is 18.2 Å². The molecule has 0 bridgehead atoms. The Kier molecular flexibility index (Phi) is 3.75. The summed E-state index contributed by atoms with van der Waals surface area (Å²) in [5, 5.41) is 0. The Labute approximate surface area is 111 Å². The number of aryl methyl sites for hydroxylation is 2. The molecule has 19 heavy (non-hydrogen) atoms. The van der Waals surface area contributed by atoms with Gasteiger partial charge in [0.15, 0.2) is 0 Å². The van der Waals surface area contributed by atoms with Crippen molar-refractivity contribution in [1.29, 1.82) is 0 Å². The van der Waals surface area contributed by atoms with Crippen LogP contribution in [0.2, 0.25) is 0 Å². The molecule has 5 nitrogen and oxygen atoms in total. The molecule has 0 saturated carbocycles. The van der Waals surface area contributed by atoms with E-state index in [2.05, 4.69) is 14.7 Å². The lowest BCUT2D eigenvalue weighted by atomic mass is 10.2. The van der Waals surface area contributed by atoms with Gasteiger partial charge in [-0.25, -0.2) is 9.78 Å². The zero-order chi connectivity index (χ0) is 13.8. The third kappa shape index (κ3) is 2.88. The van der Waals surface area contributed by atoms with E-state index in [9.17, 15) is 4.79 Å². The van der Waals surface area contributed by atoms with Gasteiger partial charge < -0.3 is 9.47 Å². The summed E-state index contributed by atoms with van der Waals surface area (Å²) in [7, 11) is 1.31. The van der Waals surface area contributed by atoms with E-state index in [0.29, 0.717) is 11.6 Å². The zero-order valence-electron chi connectivity index (χ0n) is 11.0. The molecule has 0 saturated heterocycles. The van der Waals surface area contributed by atoms with Crippen LogP contribution in [-0.2, 0) is 4.74 Å². The summed E-state index contributed by atoms with van der Waals surface area (Å²) in [4.78, 5) is 19.8. The molecular formula is C14H14N2O3. The SMILES string of the molecule is COC(=O)c1cnc(C)nc1Oc1ccccc1C. The van der Waals surface area contributed by atoms with E-state index in [0.717, 1.165) is 5.56 Å². The Morgan fingerprint density at radius 3 is 2.63 bits per heavy atom. The summed E-state index contributed by atoms with van der Waals surface area (Å²) in [6, 6.07) is 7.50. The Morgan fingerprint density at radius 1 is 1.21 bits per heavy atom. The molecule has 1 heterocycles. The first-order valence-corrected chi connectivity index (χ1v) is 5.77. The van der Waals surface area contributed by atoms with Crippen LogP contribution in [0.4, 0.5) is 0 Å². The zero-order valence-corrected chi connectivity index (χ0v) is 11.0. The topological polar surface area (TPSA) is 61.3 Å². The van der Waals surface area contributed by atoms with Crippen LogP contribution < -0.4 is 4.74 Å². The predicted octanol–water partition coefficient (Wildman–Crippen LogP) is 2.67. The van der Waals surface area contributed by atoms with Crippen LogP contribution >= 0.6 is 0 Å². The highest BCUT2D eigenvalue weighted by Gasteiger charge is 2.17. The Balaban J connectivity index is 2.41. The standard InChI is InChI=1S/C14H14N2O3/c1-9-6-4-5-7-12(9)19-13-11(14(17)18-3)8-15-10(2)16-13/h4-8H,1-3H3. The minimum atomic E-state index is -0.524. The molecule has 0 amide bonds. The first-order chi connectivity index (χ1) is 9.11. The molecule has 5 heteroatoms. The number of para-hydroxylation sites is 1. The maximum absolute atomic E-state index is 11.6. The number of esters is 1. The molecule has 0 unspecified atom stereocenters. The van der Waals surface area contributed by atoms with Crippen molar-refractivity contribution in [3.63, 3.8) is 0 Å². The Hall–Kier alpha value is -2.43. The molecule has 0 fully saturated rings. The lowest BCUT2D eigenvalue weighted by Gasteiger charge is -2.10. The van der Waals surface area contributed by atoms with Crippen molar-refractivity contribution in [1.82, 2.24) is 9.97 Å². The minimum Gasteiger partial charge on any atom is -0.465 e. The van der Waals surface area contributed by atoms with Crippen LogP contribution in [0, 0.1) is 13.8 Å². The second kappa shape index (κ2) is 5.48. The quantitative estimate of drug-likeness (QED) is 0.792. The average molecular weight is 258 g/mol. The van der Waals surface area contributed by atoms with Gasteiger partial charge in [0.25, 0.3) is 0 Å². The van der Waals surface area contributed by atoms with Crippen molar-refractivity contribution in [3.05, 3.63) is 47.4 Å². The molecule has 0 radical (unpaired) electrons. The third-order valence-electron chi connectivity index (χ3n) is 2.58. The highest BCUT2D eigenvalue weighted by molar-refractivity contribution is 5.91. The highest BCUT2D eigenvalue weighted by atomic mass is 16.5. The fourth-order valence-electron chi connectivity index (χ4n) is 1.55. The fourth-order valence-corrected chi connectivity index (χ4v) is 1.55. The first-order valence-electron chi connectivity index (χ1n) is 5.77. The maximum Gasteiger partial charge on any atom is 0.345 e. The molecule has 0 atom stereocenters.